The Morgan fingerprint density at radius 2 is 1.73 bits per heavy atom. The molecule has 1 aliphatic rings. The summed E-state index contributed by atoms with van der Waals surface area (Å²) in [6, 6.07) is 18.2. The molecule has 5 rings (SSSR count). The van der Waals surface area contributed by atoms with E-state index in [1.54, 1.807) is 30.2 Å². The summed E-state index contributed by atoms with van der Waals surface area (Å²) in [4.78, 5) is 27.2. The van der Waals surface area contributed by atoms with Gasteiger partial charge >= 0.3 is 0 Å². The minimum Gasteiger partial charge on any atom is -0.349 e. The Bertz CT molecular complexity index is 1410. The average molecular weight is 495 g/mol. The molecule has 0 spiro atoms. The molecule has 1 saturated heterocycles. The van der Waals surface area contributed by atoms with Crippen molar-refractivity contribution >= 4 is 17.9 Å². The van der Waals surface area contributed by atoms with Crippen LogP contribution in [0.4, 0.5) is 0 Å². The summed E-state index contributed by atoms with van der Waals surface area (Å²) in [5, 5.41) is 11.9. The van der Waals surface area contributed by atoms with Crippen molar-refractivity contribution in [2.24, 2.45) is 7.05 Å². The number of carbonyl (C=O) groups is 2. The van der Waals surface area contributed by atoms with Crippen LogP contribution >= 0.6 is 0 Å². The summed E-state index contributed by atoms with van der Waals surface area (Å²) in [5.74, 6) is -0.170. The van der Waals surface area contributed by atoms with Crippen LogP contribution in [-0.4, -0.2) is 55.4 Å². The topological polar surface area (TPSA) is 85.1 Å². The van der Waals surface area contributed by atoms with Gasteiger partial charge in [0.2, 0.25) is 5.91 Å². The quantitative estimate of drug-likeness (QED) is 0.411. The Hall–Kier alpha value is -4.46. The molecule has 0 bridgehead atoms. The number of aromatic nitrogens is 4. The minimum absolute atomic E-state index is 0.0398. The molecular formula is C29H30N6O2. The van der Waals surface area contributed by atoms with E-state index in [1.165, 1.54) is 5.56 Å². The van der Waals surface area contributed by atoms with Crippen molar-refractivity contribution in [2.75, 3.05) is 13.1 Å². The molecule has 8 heteroatoms. The fourth-order valence-corrected chi connectivity index (χ4v) is 4.48. The van der Waals surface area contributed by atoms with Crippen molar-refractivity contribution in [3.63, 3.8) is 0 Å². The molecule has 1 aliphatic heterocycles. The highest BCUT2D eigenvalue weighted by Gasteiger charge is 2.23. The van der Waals surface area contributed by atoms with Crippen molar-refractivity contribution in [2.45, 2.75) is 25.8 Å². The smallest absolute Gasteiger partial charge is 0.254 e. The second kappa shape index (κ2) is 10.7. The van der Waals surface area contributed by atoms with Gasteiger partial charge < -0.3 is 10.2 Å². The lowest BCUT2D eigenvalue weighted by molar-refractivity contribution is -0.126. The molecule has 0 aliphatic carbocycles. The summed E-state index contributed by atoms with van der Waals surface area (Å²) in [5.41, 5.74) is 5.38. The highest BCUT2D eigenvalue weighted by molar-refractivity contribution is 5.94. The molecule has 0 radical (unpaired) electrons. The molecule has 1 N–H and O–H groups in total. The van der Waals surface area contributed by atoms with Crippen molar-refractivity contribution in [1.29, 1.82) is 0 Å². The van der Waals surface area contributed by atoms with Gasteiger partial charge in [-0.2, -0.15) is 10.2 Å². The number of likely N-dealkylation sites (tertiary alicyclic amines) is 1. The van der Waals surface area contributed by atoms with Gasteiger partial charge in [-0.1, -0.05) is 48.0 Å². The second-order valence-electron chi connectivity index (χ2n) is 9.39. The fourth-order valence-electron chi connectivity index (χ4n) is 4.48. The molecule has 1 fully saturated rings. The molecule has 8 nitrogen and oxygen atoms in total. The number of carbonyl (C=O) groups excluding carboxylic acids is 2. The monoisotopic (exact) mass is 494 g/mol. The van der Waals surface area contributed by atoms with Gasteiger partial charge in [0, 0.05) is 55.8 Å². The summed E-state index contributed by atoms with van der Waals surface area (Å²) >= 11 is 0. The maximum atomic E-state index is 13.0. The van der Waals surface area contributed by atoms with Crippen LogP contribution in [-0.2, 0) is 11.8 Å². The number of hydrogen-bond acceptors (Lipinski definition) is 4. The number of rotatable bonds is 6. The Labute approximate surface area is 216 Å². The Balaban J connectivity index is 1.26. The second-order valence-corrected chi connectivity index (χ2v) is 9.39. The summed E-state index contributed by atoms with van der Waals surface area (Å²) in [6.07, 6.45) is 10.1. The van der Waals surface area contributed by atoms with E-state index in [4.69, 9.17) is 5.10 Å². The predicted molar refractivity (Wildman–Crippen MR) is 143 cm³/mol. The number of piperidine rings is 1. The SMILES string of the molecule is Cc1ccc(-c2nn(-c3ccccc3)cc2/C=C/C(=O)N2CCC(NC(=O)c3cnn(C)c3)CC2)cc1. The standard InChI is InChI=1S/C29H30N6O2/c1-21-8-10-22(11-9-21)28-23(20-35(32-28)26-6-4-3-5-7-26)12-13-27(36)34-16-14-25(15-17-34)31-29(37)24-18-30-33(2)19-24/h3-13,18-20,25H,14-17H2,1-2H3,(H,31,37)/b13-12+. The average Bonchev–Trinajstić information content (AvgIpc) is 3.55. The lowest BCUT2D eigenvalue weighted by Gasteiger charge is -2.31. The van der Waals surface area contributed by atoms with E-state index in [2.05, 4.69) is 41.6 Å². The van der Waals surface area contributed by atoms with Gasteiger partial charge in [0.1, 0.15) is 0 Å². The Kier molecular flexibility index (Phi) is 6.98. The van der Waals surface area contributed by atoms with Gasteiger partial charge in [0.15, 0.2) is 0 Å². The van der Waals surface area contributed by atoms with E-state index in [0.717, 1.165) is 22.5 Å². The van der Waals surface area contributed by atoms with Crippen LogP contribution in [0.1, 0.15) is 34.3 Å². The third-order valence-electron chi connectivity index (χ3n) is 6.60. The van der Waals surface area contributed by atoms with E-state index in [0.29, 0.717) is 31.5 Å². The lowest BCUT2D eigenvalue weighted by Crippen LogP contribution is -2.46. The van der Waals surface area contributed by atoms with E-state index in [9.17, 15) is 9.59 Å². The molecule has 3 heterocycles. The summed E-state index contributed by atoms with van der Waals surface area (Å²) in [7, 11) is 1.78. The van der Waals surface area contributed by atoms with Gasteiger partial charge in [-0.3, -0.25) is 14.3 Å². The normalized spacial score (nSPS) is 14.3. The first-order valence-corrected chi connectivity index (χ1v) is 12.4. The molecule has 2 aromatic heterocycles. The number of aryl methyl sites for hydroxylation is 2. The number of nitrogens with one attached hydrogen (secondary N) is 1. The van der Waals surface area contributed by atoms with Gasteiger partial charge in [0.25, 0.3) is 5.91 Å². The number of para-hydroxylation sites is 1. The number of nitrogens with zero attached hydrogens (tertiary/aromatic N) is 5. The first-order chi connectivity index (χ1) is 18.0. The van der Waals surface area contributed by atoms with Gasteiger partial charge in [0.05, 0.1) is 23.1 Å². The predicted octanol–water partition coefficient (Wildman–Crippen LogP) is 4.02. The first kappa shape index (κ1) is 24.2. The first-order valence-electron chi connectivity index (χ1n) is 12.4. The van der Waals surface area contributed by atoms with Crippen LogP contribution in [0.15, 0.2) is 79.3 Å². The van der Waals surface area contributed by atoms with E-state index >= 15 is 0 Å². The van der Waals surface area contributed by atoms with E-state index < -0.39 is 0 Å². The highest BCUT2D eigenvalue weighted by atomic mass is 16.2. The van der Waals surface area contributed by atoms with Crippen molar-refractivity contribution < 1.29 is 9.59 Å². The van der Waals surface area contributed by atoms with Crippen LogP contribution in [0.25, 0.3) is 23.0 Å². The van der Waals surface area contributed by atoms with Crippen LogP contribution in [0.2, 0.25) is 0 Å². The van der Waals surface area contributed by atoms with Gasteiger partial charge in [-0.25, -0.2) is 4.68 Å². The number of benzene rings is 2. The van der Waals surface area contributed by atoms with Gasteiger partial charge in [-0.15, -0.1) is 0 Å². The fraction of sp³-hybridized carbons (Fsp3) is 0.241. The molecule has 37 heavy (non-hydrogen) atoms. The number of hydrogen-bond donors (Lipinski definition) is 1. The zero-order valence-electron chi connectivity index (χ0n) is 21.0. The van der Waals surface area contributed by atoms with Crippen molar-refractivity contribution in [3.05, 3.63) is 96.0 Å². The Morgan fingerprint density at radius 3 is 2.41 bits per heavy atom. The van der Waals surface area contributed by atoms with E-state index in [-0.39, 0.29) is 17.9 Å². The molecule has 4 aromatic rings. The molecule has 0 saturated carbocycles. The van der Waals surface area contributed by atoms with Crippen LogP contribution in [0.5, 0.6) is 0 Å². The van der Waals surface area contributed by atoms with Gasteiger partial charge in [-0.05, 0) is 38.0 Å². The van der Waals surface area contributed by atoms with Crippen LogP contribution in [0.3, 0.4) is 0 Å². The maximum Gasteiger partial charge on any atom is 0.254 e. The Morgan fingerprint density at radius 1 is 1.00 bits per heavy atom. The summed E-state index contributed by atoms with van der Waals surface area (Å²) in [6.45, 7) is 3.24. The molecule has 2 aromatic carbocycles. The minimum atomic E-state index is -0.128. The third-order valence-corrected chi connectivity index (χ3v) is 6.60. The summed E-state index contributed by atoms with van der Waals surface area (Å²) < 4.78 is 3.45. The zero-order valence-corrected chi connectivity index (χ0v) is 21.0. The van der Waals surface area contributed by atoms with Crippen LogP contribution in [0, 0.1) is 6.92 Å². The van der Waals surface area contributed by atoms with Crippen LogP contribution < -0.4 is 5.32 Å². The lowest BCUT2D eigenvalue weighted by atomic mass is 10.0. The number of amides is 2. The third kappa shape index (κ3) is 5.69. The largest absolute Gasteiger partial charge is 0.349 e. The van der Waals surface area contributed by atoms with Crippen molar-refractivity contribution in [1.82, 2.24) is 29.8 Å². The molecule has 0 atom stereocenters. The van der Waals surface area contributed by atoms with Crippen molar-refractivity contribution in [3.8, 4) is 16.9 Å². The molecule has 188 valence electrons. The highest BCUT2D eigenvalue weighted by Crippen LogP contribution is 2.25. The molecule has 2 amide bonds. The molecular weight excluding hydrogens is 464 g/mol. The van der Waals surface area contributed by atoms with E-state index in [1.807, 2.05) is 52.2 Å². The molecule has 0 unspecified atom stereocenters. The zero-order chi connectivity index (χ0) is 25.8. The maximum absolute atomic E-state index is 13.0.